The van der Waals surface area contributed by atoms with E-state index in [0.29, 0.717) is 25.4 Å². The molecule has 0 unspecified atom stereocenters. The highest BCUT2D eigenvalue weighted by molar-refractivity contribution is 7.86. The summed E-state index contributed by atoms with van der Waals surface area (Å²) >= 11 is 0. The van der Waals surface area contributed by atoms with Crippen molar-refractivity contribution in [1.82, 2.24) is 0 Å². The summed E-state index contributed by atoms with van der Waals surface area (Å²) in [6.45, 7) is 6.81. The predicted octanol–water partition coefficient (Wildman–Crippen LogP) is 5.92. The highest BCUT2D eigenvalue weighted by atomic mass is 32.2. The fourth-order valence-corrected chi connectivity index (χ4v) is 4.51. The van der Waals surface area contributed by atoms with E-state index >= 15 is 0 Å². The quantitative estimate of drug-likeness (QED) is 0.115. The van der Waals surface area contributed by atoms with Crippen LogP contribution in [0.3, 0.4) is 0 Å². The summed E-state index contributed by atoms with van der Waals surface area (Å²) in [5.74, 6) is 0.720. The Hall–Kier alpha value is -4.21. The molecule has 1 amide bonds. The molecule has 44 heavy (non-hydrogen) atoms. The fourth-order valence-electron chi connectivity index (χ4n) is 3.62. The van der Waals surface area contributed by atoms with Gasteiger partial charge in [-0.15, -0.1) is 0 Å². The number of nitriles is 1. The summed E-state index contributed by atoms with van der Waals surface area (Å²) in [4.78, 5) is 13.7. The van der Waals surface area contributed by atoms with Crippen molar-refractivity contribution < 1.29 is 36.3 Å². The normalized spacial score (nSPS) is 11.7. The third-order valence-corrected chi connectivity index (χ3v) is 7.23. The predicted molar refractivity (Wildman–Crippen MR) is 168 cm³/mol. The Morgan fingerprint density at radius 3 is 1.86 bits per heavy atom. The van der Waals surface area contributed by atoms with Crippen LogP contribution in [0.5, 0.6) is 5.75 Å². The van der Waals surface area contributed by atoms with Crippen molar-refractivity contribution in [2.75, 3.05) is 51.6 Å². The SMILES string of the molecule is CN(C(=O)OC(C)(C)C)c1ccc(/C=C/c2ccc(OCCOCCOCCOS(=O)(=O)c3ccc(C#N)cc3)cc2)cc1. The first-order valence-corrected chi connectivity index (χ1v) is 15.4. The fraction of sp³-hybridized carbons (Fsp3) is 0.333. The van der Waals surface area contributed by atoms with Crippen molar-refractivity contribution in [2.24, 2.45) is 0 Å². The highest BCUT2D eigenvalue weighted by Crippen LogP contribution is 2.20. The minimum Gasteiger partial charge on any atom is -0.491 e. The molecule has 0 bridgehead atoms. The third kappa shape index (κ3) is 11.8. The van der Waals surface area contributed by atoms with E-state index in [-0.39, 0.29) is 24.7 Å². The molecule has 234 valence electrons. The number of carbonyl (C=O) groups excluding carboxylic acids is 1. The van der Waals surface area contributed by atoms with Crippen LogP contribution < -0.4 is 9.64 Å². The number of ether oxygens (including phenoxy) is 4. The second-order valence-corrected chi connectivity index (χ2v) is 12.1. The first kappa shape index (κ1) is 34.3. The molecule has 0 spiro atoms. The van der Waals surface area contributed by atoms with Crippen LogP contribution in [0.15, 0.2) is 77.7 Å². The molecule has 0 aliphatic heterocycles. The van der Waals surface area contributed by atoms with E-state index in [1.165, 1.54) is 29.2 Å². The molecular formula is C33H38N2O8S. The summed E-state index contributed by atoms with van der Waals surface area (Å²) in [6, 6.07) is 22.7. The lowest BCUT2D eigenvalue weighted by atomic mass is 10.1. The van der Waals surface area contributed by atoms with Gasteiger partial charge in [0.1, 0.15) is 18.0 Å². The maximum atomic E-state index is 12.3. The zero-order valence-corrected chi connectivity index (χ0v) is 26.2. The Kier molecular flexibility index (Phi) is 12.9. The Labute approximate surface area is 259 Å². The van der Waals surface area contributed by atoms with Gasteiger partial charge in [-0.1, -0.05) is 36.4 Å². The van der Waals surface area contributed by atoms with Crippen molar-refractivity contribution in [3.63, 3.8) is 0 Å². The van der Waals surface area contributed by atoms with Gasteiger partial charge in [-0.2, -0.15) is 13.7 Å². The molecule has 0 fully saturated rings. The van der Waals surface area contributed by atoms with Gasteiger partial charge >= 0.3 is 6.09 Å². The monoisotopic (exact) mass is 622 g/mol. The van der Waals surface area contributed by atoms with E-state index in [2.05, 4.69) is 0 Å². The van der Waals surface area contributed by atoms with Gasteiger partial charge < -0.3 is 18.9 Å². The van der Waals surface area contributed by atoms with Crippen molar-refractivity contribution in [3.05, 3.63) is 89.5 Å². The summed E-state index contributed by atoms with van der Waals surface area (Å²) in [5, 5.41) is 8.80. The highest BCUT2D eigenvalue weighted by Gasteiger charge is 2.20. The third-order valence-electron chi connectivity index (χ3n) is 5.90. The summed E-state index contributed by atoms with van der Waals surface area (Å²) in [7, 11) is -2.22. The number of carbonyl (C=O) groups is 1. The van der Waals surface area contributed by atoms with Crippen molar-refractivity contribution >= 4 is 34.1 Å². The molecule has 3 aromatic rings. The minimum absolute atomic E-state index is 0.0145. The molecule has 11 heteroatoms. The van der Waals surface area contributed by atoms with Crippen molar-refractivity contribution in [1.29, 1.82) is 5.26 Å². The number of rotatable bonds is 15. The molecule has 3 aromatic carbocycles. The molecule has 0 heterocycles. The largest absolute Gasteiger partial charge is 0.491 e. The average Bonchev–Trinajstić information content (AvgIpc) is 3.00. The standard InChI is InChI=1S/C33H38N2O8S/c1-33(2,3)43-32(36)35(4)29-13-7-26(8-14-29)5-6-27-9-15-30(16-10-27)41-23-21-39-19-20-40-22-24-42-44(37,38)31-17-11-28(25-34)12-18-31/h5-18H,19-24H2,1-4H3/b6-5+. The second-order valence-electron chi connectivity index (χ2n) is 10.5. The Bertz CT molecular complexity index is 1510. The molecule has 0 aliphatic rings. The molecule has 10 nitrogen and oxygen atoms in total. The molecule has 0 saturated carbocycles. The lowest BCUT2D eigenvalue weighted by Crippen LogP contribution is -2.34. The van der Waals surface area contributed by atoms with Crippen LogP contribution in [0.25, 0.3) is 12.2 Å². The van der Waals surface area contributed by atoms with Crippen LogP contribution in [0.1, 0.15) is 37.5 Å². The second kappa shape index (κ2) is 16.6. The molecule has 0 saturated heterocycles. The van der Waals surface area contributed by atoms with Gasteiger partial charge in [0.05, 0.1) is 49.6 Å². The lowest BCUT2D eigenvalue weighted by Gasteiger charge is -2.24. The van der Waals surface area contributed by atoms with Gasteiger partial charge in [-0.3, -0.25) is 9.08 Å². The van der Waals surface area contributed by atoms with E-state index in [9.17, 15) is 13.2 Å². The van der Waals surface area contributed by atoms with E-state index in [1.807, 2.05) is 87.5 Å². The average molecular weight is 623 g/mol. The van der Waals surface area contributed by atoms with Gasteiger partial charge in [0.25, 0.3) is 10.1 Å². The number of amides is 1. The topological polar surface area (TPSA) is 124 Å². The Morgan fingerprint density at radius 2 is 1.32 bits per heavy atom. The number of anilines is 1. The van der Waals surface area contributed by atoms with Crippen LogP contribution >= 0.6 is 0 Å². The van der Waals surface area contributed by atoms with Gasteiger partial charge in [0.2, 0.25) is 0 Å². The molecular weight excluding hydrogens is 584 g/mol. The number of benzene rings is 3. The van der Waals surface area contributed by atoms with Crippen LogP contribution in [-0.2, 0) is 28.5 Å². The summed E-state index contributed by atoms with van der Waals surface area (Å²) < 4.78 is 51.2. The molecule has 0 aromatic heterocycles. The van der Waals surface area contributed by atoms with Crippen LogP contribution in [-0.4, -0.2) is 66.8 Å². The van der Waals surface area contributed by atoms with E-state index < -0.39 is 21.8 Å². The zero-order valence-electron chi connectivity index (χ0n) is 25.4. The lowest BCUT2D eigenvalue weighted by molar-refractivity contribution is 0.0279. The summed E-state index contributed by atoms with van der Waals surface area (Å²) in [5.41, 5.74) is 2.56. The molecule has 0 N–H and O–H groups in total. The number of nitrogens with zero attached hydrogens (tertiary/aromatic N) is 2. The minimum atomic E-state index is -3.90. The zero-order chi connectivity index (χ0) is 32.0. The number of hydrogen-bond acceptors (Lipinski definition) is 9. The number of hydrogen-bond donors (Lipinski definition) is 0. The van der Waals surface area contributed by atoms with Crippen LogP contribution in [0, 0.1) is 11.3 Å². The molecule has 0 radical (unpaired) electrons. The van der Waals surface area contributed by atoms with Crippen LogP contribution in [0.4, 0.5) is 10.5 Å². The first-order valence-electron chi connectivity index (χ1n) is 14.0. The molecule has 3 rings (SSSR count). The maximum Gasteiger partial charge on any atom is 0.414 e. The van der Waals surface area contributed by atoms with Gasteiger partial charge in [-0.25, -0.2) is 4.79 Å². The maximum absolute atomic E-state index is 12.3. The Morgan fingerprint density at radius 1 is 0.795 bits per heavy atom. The van der Waals surface area contributed by atoms with E-state index in [4.69, 9.17) is 28.4 Å². The van der Waals surface area contributed by atoms with Gasteiger partial charge in [0, 0.05) is 12.7 Å². The van der Waals surface area contributed by atoms with Crippen LogP contribution in [0.2, 0.25) is 0 Å². The van der Waals surface area contributed by atoms with Gasteiger partial charge in [0.15, 0.2) is 0 Å². The Balaban J connectivity index is 1.27. The van der Waals surface area contributed by atoms with Crippen molar-refractivity contribution in [3.8, 4) is 11.8 Å². The van der Waals surface area contributed by atoms with Gasteiger partial charge in [-0.05, 0) is 80.4 Å². The molecule has 0 atom stereocenters. The van der Waals surface area contributed by atoms with E-state index in [0.717, 1.165) is 22.6 Å². The summed E-state index contributed by atoms with van der Waals surface area (Å²) in [6.07, 6.45) is 3.58. The molecule has 0 aliphatic carbocycles. The van der Waals surface area contributed by atoms with E-state index in [1.54, 1.807) is 7.05 Å². The first-order chi connectivity index (χ1) is 21.0. The van der Waals surface area contributed by atoms with Crippen molar-refractivity contribution in [2.45, 2.75) is 31.3 Å². The smallest absolute Gasteiger partial charge is 0.414 e.